The van der Waals surface area contributed by atoms with Gasteiger partial charge in [0.1, 0.15) is 17.0 Å². The summed E-state index contributed by atoms with van der Waals surface area (Å²) in [6.07, 6.45) is 2.93. The van der Waals surface area contributed by atoms with Crippen LogP contribution in [0.25, 0.3) is 5.65 Å². The summed E-state index contributed by atoms with van der Waals surface area (Å²) in [6, 6.07) is 4.52. The molecular formula is C16H20N6O3. The van der Waals surface area contributed by atoms with Crippen LogP contribution in [0.1, 0.15) is 19.4 Å². The van der Waals surface area contributed by atoms with E-state index < -0.39 is 6.03 Å². The molecule has 132 valence electrons. The zero-order valence-corrected chi connectivity index (χ0v) is 14.0. The number of pyridine rings is 1. The molecule has 2 amide bonds. The molecule has 1 fully saturated rings. The third-order valence-electron chi connectivity index (χ3n) is 3.84. The number of primary amides is 1. The number of ether oxygens (including phenoxy) is 1. The molecule has 0 aliphatic carbocycles. The molecule has 2 unspecified atom stereocenters. The molecule has 2 atom stereocenters. The minimum absolute atomic E-state index is 0.00769. The van der Waals surface area contributed by atoms with Crippen molar-refractivity contribution in [2.75, 3.05) is 18.0 Å². The van der Waals surface area contributed by atoms with Gasteiger partial charge >= 0.3 is 6.03 Å². The first kappa shape index (κ1) is 16.9. The number of anilines is 1. The van der Waals surface area contributed by atoms with Gasteiger partial charge in [0.15, 0.2) is 0 Å². The van der Waals surface area contributed by atoms with Crippen molar-refractivity contribution in [1.29, 1.82) is 0 Å². The van der Waals surface area contributed by atoms with Gasteiger partial charge in [-0.15, -0.1) is 0 Å². The Morgan fingerprint density at radius 2 is 2.12 bits per heavy atom. The van der Waals surface area contributed by atoms with Crippen molar-refractivity contribution in [2.45, 2.75) is 26.1 Å². The molecule has 3 N–H and O–H groups in total. The zero-order chi connectivity index (χ0) is 18.0. The van der Waals surface area contributed by atoms with E-state index in [0.717, 1.165) is 0 Å². The lowest BCUT2D eigenvalue weighted by Gasteiger charge is -2.36. The quantitative estimate of drug-likeness (QED) is 0.614. The van der Waals surface area contributed by atoms with Gasteiger partial charge in [0, 0.05) is 19.3 Å². The number of morpholine rings is 1. The van der Waals surface area contributed by atoms with E-state index >= 15 is 0 Å². The maximum atomic E-state index is 12.9. The molecule has 3 heterocycles. The van der Waals surface area contributed by atoms with E-state index in [1.165, 1.54) is 10.6 Å². The average Bonchev–Trinajstić information content (AvgIpc) is 2.55. The molecule has 1 aliphatic heterocycles. The minimum atomic E-state index is -0.805. The second-order valence-electron chi connectivity index (χ2n) is 5.98. The van der Waals surface area contributed by atoms with Gasteiger partial charge in [-0.3, -0.25) is 9.20 Å². The van der Waals surface area contributed by atoms with Crippen LogP contribution in [0.3, 0.4) is 0 Å². The molecule has 25 heavy (non-hydrogen) atoms. The summed E-state index contributed by atoms with van der Waals surface area (Å²) < 4.78 is 7.18. The number of carbonyl (C=O) groups excluding carboxylic acids is 1. The van der Waals surface area contributed by atoms with Crippen LogP contribution in [-0.4, -0.2) is 46.9 Å². The number of nitrogens with zero attached hydrogens (tertiary/aromatic N) is 4. The van der Waals surface area contributed by atoms with Crippen molar-refractivity contribution < 1.29 is 9.53 Å². The van der Waals surface area contributed by atoms with E-state index in [2.05, 4.69) is 15.5 Å². The molecular weight excluding hydrogens is 324 g/mol. The van der Waals surface area contributed by atoms with Crippen LogP contribution in [0.5, 0.6) is 0 Å². The highest BCUT2D eigenvalue weighted by Crippen LogP contribution is 2.20. The standard InChI is InChI=1S/C16H20N6O3/c1-10-8-21(9-11(2)25-10)14-12(7-18-20-16(17)24)15(23)22-6-4-3-5-13(22)19-14/h3-7,10-11H,8-9H2,1-2H3,(H3,17,20,24)/b18-7+. The van der Waals surface area contributed by atoms with Crippen molar-refractivity contribution in [2.24, 2.45) is 10.8 Å². The van der Waals surface area contributed by atoms with Gasteiger partial charge in [0.25, 0.3) is 5.56 Å². The normalized spacial score (nSPS) is 21.0. The number of nitrogens with one attached hydrogen (secondary N) is 1. The highest BCUT2D eigenvalue weighted by atomic mass is 16.5. The van der Waals surface area contributed by atoms with Gasteiger partial charge in [-0.1, -0.05) is 6.07 Å². The molecule has 0 aromatic carbocycles. The Balaban J connectivity index is 2.12. The van der Waals surface area contributed by atoms with Gasteiger partial charge in [0.2, 0.25) is 0 Å². The van der Waals surface area contributed by atoms with E-state index in [-0.39, 0.29) is 23.3 Å². The Morgan fingerprint density at radius 1 is 1.40 bits per heavy atom. The molecule has 2 aromatic rings. The summed E-state index contributed by atoms with van der Waals surface area (Å²) in [5, 5.41) is 3.74. The lowest BCUT2D eigenvalue weighted by molar-refractivity contribution is -0.00546. The van der Waals surface area contributed by atoms with Crippen LogP contribution in [0.4, 0.5) is 10.6 Å². The van der Waals surface area contributed by atoms with E-state index in [9.17, 15) is 9.59 Å². The fourth-order valence-electron chi connectivity index (χ4n) is 2.96. The zero-order valence-electron chi connectivity index (χ0n) is 14.0. The number of hydrogen-bond donors (Lipinski definition) is 2. The lowest BCUT2D eigenvalue weighted by Crippen LogP contribution is -2.47. The largest absolute Gasteiger partial charge is 0.372 e. The maximum absolute atomic E-state index is 12.9. The highest BCUT2D eigenvalue weighted by molar-refractivity contribution is 5.87. The summed E-state index contributed by atoms with van der Waals surface area (Å²) in [5.41, 5.74) is 7.66. The van der Waals surface area contributed by atoms with Crippen molar-refractivity contribution in [1.82, 2.24) is 14.8 Å². The first-order chi connectivity index (χ1) is 12.0. The summed E-state index contributed by atoms with van der Waals surface area (Å²) in [7, 11) is 0. The number of nitrogens with two attached hydrogens (primary N) is 1. The van der Waals surface area contributed by atoms with Crippen LogP contribution in [-0.2, 0) is 4.74 Å². The van der Waals surface area contributed by atoms with E-state index in [0.29, 0.717) is 24.6 Å². The molecule has 9 heteroatoms. The maximum Gasteiger partial charge on any atom is 0.332 e. The number of urea groups is 1. The second kappa shape index (κ2) is 6.89. The Labute approximate surface area is 144 Å². The van der Waals surface area contributed by atoms with Crippen LogP contribution in [0.15, 0.2) is 34.3 Å². The van der Waals surface area contributed by atoms with E-state index in [1.807, 2.05) is 24.8 Å². The molecule has 0 saturated carbocycles. The van der Waals surface area contributed by atoms with Crippen LogP contribution >= 0.6 is 0 Å². The number of amides is 2. The Morgan fingerprint density at radius 3 is 2.80 bits per heavy atom. The average molecular weight is 344 g/mol. The van der Waals surface area contributed by atoms with Crippen molar-refractivity contribution in [3.8, 4) is 0 Å². The SMILES string of the molecule is CC1CN(c2nc3ccccn3c(=O)c2/C=N/NC(N)=O)CC(C)O1. The molecule has 2 aromatic heterocycles. The molecule has 1 saturated heterocycles. The van der Waals surface area contributed by atoms with E-state index in [1.54, 1.807) is 18.3 Å². The van der Waals surface area contributed by atoms with Gasteiger partial charge < -0.3 is 15.4 Å². The summed E-state index contributed by atoms with van der Waals surface area (Å²) in [4.78, 5) is 30.3. The third-order valence-corrected chi connectivity index (χ3v) is 3.84. The molecule has 0 radical (unpaired) electrons. The topological polar surface area (TPSA) is 114 Å². The van der Waals surface area contributed by atoms with Crippen molar-refractivity contribution >= 4 is 23.7 Å². The molecule has 1 aliphatic rings. The monoisotopic (exact) mass is 344 g/mol. The number of aromatic nitrogens is 2. The number of rotatable bonds is 3. The fraction of sp³-hybridized carbons (Fsp3) is 0.375. The van der Waals surface area contributed by atoms with Crippen molar-refractivity contribution in [3.05, 3.63) is 40.3 Å². The summed E-state index contributed by atoms with van der Waals surface area (Å²) in [6.45, 7) is 5.14. The Bertz CT molecular complexity index is 868. The smallest absolute Gasteiger partial charge is 0.332 e. The number of carbonyl (C=O) groups is 1. The Hall–Kier alpha value is -2.94. The van der Waals surface area contributed by atoms with Gasteiger partial charge in [0.05, 0.1) is 18.4 Å². The van der Waals surface area contributed by atoms with Gasteiger partial charge in [-0.05, 0) is 26.0 Å². The van der Waals surface area contributed by atoms with Crippen LogP contribution < -0.4 is 21.6 Å². The second-order valence-corrected chi connectivity index (χ2v) is 5.98. The number of hydrazone groups is 1. The first-order valence-corrected chi connectivity index (χ1v) is 7.96. The fourth-order valence-corrected chi connectivity index (χ4v) is 2.96. The van der Waals surface area contributed by atoms with Gasteiger partial charge in [-0.2, -0.15) is 5.10 Å². The molecule has 3 rings (SSSR count). The summed E-state index contributed by atoms with van der Waals surface area (Å²) >= 11 is 0. The van der Waals surface area contributed by atoms with Crippen molar-refractivity contribution in [3.63, 3.8) is 0 Å². The van der Waals surface area contributed by atoms with Crippen LogP contribution in [0.2, 0.25) is 0 Å². The first-order valence-electron chi connectivity index (χ1n) is 7.96. The number of fused-ring (bicyclic) bond motifs is 1. The van der Waals surface area contributed by atoms with Gasteiger partial charge in [-0.25, -0.2) is 15.2 Å². The summed E-state index contributed by atoms with van der Waals surface area (Å²) in [5.74, 6) is 0.508. The predicted octanol–water partition coefficient (Wildman–Crippen LogP) is 0.310. The Kier molecular flexibility index (Phi) is 4.66. The molecule has 0 bridgehead atoms. The third kappa shape index (κ3) is 3.61. The lowest BCUT2D eigenvalue weighted by atomic mass is 10.2. The highest BCUT2D eigenvalue weighted by Gasteiger charge is 2.26. The molecule has 9 nitrogen and oxygen atoms in total. The van der Waals surface area contributed by atoms with Crippen LogP contribution in [0, 0.1) is 0 Å². The minimum Gasteiger partial charge on any atom is -0.372 e. The predicted molar refractivity (Wildman–Crippen MR) is 94.0 cm³/mol. The molecule has 0 spiro atoms. The number of hydrogen-bond acceptors (Lipinski definition) is 6. The van der Waals surface area contributed by atoms with E-state index in [4.69, 9.17) is 10.5 Å².